The number of nitrogens with zero attached hydrogens (tertiary/aromatic N) is 1. The molecular weight excluding hydrogens is 212 g/mol. The minimum Gasteiger partial charge on any atom is -0.348 e. The van der Waals surface area contributed by atoms with Gasteiger partial charge in [0.05, 0.1) is 12.1 Å². The Morgan fingerprint density at radius 1 is 1.24 bits per heavy atom. The quantitative estimate of drug-likeness (QED) is 0.864. The molecule has 3 heteroatoms. The lowest BCUT2D eigenvalue weighted by Gasteiger charge is -2.18. The first-order chi connectivity index (χ1) is 8.06. The standard InChI is InChI=1S/C14H18N2O/c1-10(2)13(9-15)14(17)16-11(3)12-7-5-4-6-8-12/h4-8,10-11,13H,1-3H3,(H,16,17)/t11-,13?/m0/s1. The van der Waals surface area contributed by atoms with Crippen LogP contribution in [0.4, 0.5) is 0 Å². The largest absolute Gasteiger partial charge is 0.348 e. The molecule has 1 rings (SSSR count). The second kappa shape index (κ2) is 6.05. The van der Waals surface area contributed by atoms with Gasteiger partial charge in [-0.2, -0.15) is 5.26 Å². The molecule has 1 aromatic carbocycles. The van der Waals surface area contributed by atoms with Crippen molar-refractivity contribution in [3.8, 4) is 6.07 Å². The molecule has 17 heavy (non-hydrogen) atoms. The Morgan fingerprint density at radius 3 is 2.29 bits per heavy atom. The summed E-state index contributed by atoms with van der Waals surface area (Å²) in [5.74, 6) is -0.747. The van der Waals surface area contributed by atoms with Crippen molar-refractivity contribution < 1.29 is 4.79 Å². The van der Waals surface area contributed by atoms with Gasteiger partial charge in [-0.05, 0) is 18.4 Å². The maximum atomic E-state index is 11.9. The second-order valence-electron chi connectivity index (χ2n) is 4.49. The summed E-state index contributed by atoms with van der Waals surface area (Å²) in [5, 5.41) is 11.8. The van der Waals surface area contributed by atoms with Crippen molar-refractivity contribution in [2.75, 3.05) is 0 Å². The number of nitrogens with one attached hydrogen (secondary N) is 1. The van der Waals surface area contributed by atoms with Gasteiger partial charge in [-0.25, -0.2) is 0 Å². The smallest absolute Gasteiger partial charge is 0.238 e. The molecule has 0 aliphatic carbocycles. The van der Waals surface area contributed by atoms with Gasteiger partial charge < -0.3 is 5.32 Å². The predicted molar refractivity (Wildman–Crippen MR) is 66.9 cm³/mol. The Balaban J connectivity index is 2.67. The highest BCUT2D eigenvalue weighted by Crippen LogP contribution is 2.15. The number of carbonyl (C=O) groups is 1. The van der Waals surface area contributed by atoms with Crippen LogP contribution in [0, 0.1) is 23.2 Å². The Hall–Kier alpha value is -1.82. The summed E-state index contributed by atoms with van der Waals surface area (Å²) in [6, 6.07) is 11.7. The van der Waals surface area contributed by atoms with E-state index in [2.05, 4.69) is 5.32 Å². The van der Waals surface area contributed by atoms with Crippen LogP contribution in [0.1, 0.15) is 32.4 Å². The van der Waals surface area contributed by atoms with Crippen LogP contribution < -0.4 is 5.32 Å². The molecule has 0 fully saturated rings. The van der Waals surface area contributed by atoms with Crippen LogP contribution in [-0.4, -0.2) is 5.91 Å². The molecule has 1 N–H and O–H groups in total. The molecule has 0 aliphatic heterocycles. The predicted octanol–water partition coefficient (Wildman–Crippen LogP) is 2.66. The van der Waals surface area contributed by atoms with Gasteiger partial charge in [0, 0.05) is 0 Å². The lowest BCUT2D eigenvalue weighted by atomic mass is 9.96. The number of amides is 1. The summed E-state index contributed by atoms with van der Waals surface area (Å²) in [5.41, 5.74) is 1.04. The Morgan fingerprint density at radius 2 is 1.82 bits per heavy atom. The molecule has 3 nitrogen and oxygen atoms in total. The van der Waals surface area contributed by atoms with E-state index in [0.717, 1.165) is 5.56 Å². The number of rotatable bonds is 4. The summed E-state index contributed by atoms with van der Waals surface area (Å²) >= 11 is 0. The summed E-state index contributed by atoms with van der Waals surface area (Å²) in [6.45, 7) is 5.67. The van der Waals surface area contributed by atoms with Crippen molar-refractivity contribution in [3.05, 3.63) is 35.9 Å². The van der Waals surface area contributed by atoms with Gasteiger partial charge in [-0.1, -0.05) is 44.2 Å². The second-order valence-corrected chi connectivity index (χ2v) is 4.49. The van der Waals surface area contributed by atoms with Crippen molar-refractivity contribution in [2.24, 2.45) is 11.8 Å². The lowest BCUT2D eigenvalue weighted by Crippen LogP contribution is -2.34. The average molecular weight is 230 g/mol. The highest BCUT2D eigenvalue weighted by Gasteiger charge is 2.22. The Bertz CT molecular complexity index is 406. The van der Waals surface area contributed by atoms with E-state index >= 15 is 0 Å². The van der Waals surface area contributed by atoms with E-state index in [0.29, 0.717) is 0 Å². The van der Waals surface area contributed by atoms with Gasteiger partial charge in [-0.3, -0.25) is 4.79 Å². The van der Waals surface area contributed by atoms with Crippen LogP contribution in [0.5, 0.6) is 0 Å². The topological polar surface area (TPSA) is 52.9 Å². The lowest BCUT2D eigenvalue weighted by molar-refractivity contribution is -0.125. The Labute approximate surface area is 102 Å². The number of hydrogen-bond donors (Lipinski definition) is 1. The normalized spacial score (nSPS) is 13.8. The molecular formula is C14H18N2O. The van der Waals surface area contributed by atoms with Crippen molar-refractivity contribution >= 4 is 5.91 Å². The molecule has 0 radical (unpaired) electrons. The van der Waals surface area contributed by atoms with Crippen LogP contribution in [0.25, 0.3) is 0 Å². The van der Waals surface area contributed by atoms with E-state index < -0.39 is 5.92 Å². The number of benzene rings is 1. The van der Waals surface area contributed by atoms with Crippen molar-refractivity contribution in [1.82, 2.24) is 5.32 Å². The fourth-order valence-electron chi connectivity index (χ4n) is 1.64. The number of nitriles is 1. The molecule has 0 bridgehead atoms. The monoisotopic (exact) mass is 230 g/mol. The molecule has 1 aromatic rings. The molecule has 2 atom stereocenters. The van der Waals surface area contributed by atoms with Gasteiger partial charge in [0.2, 0.25) is 5.91 Å². The van der Waals surface area contributed by atoms with Crippen LogP contribution in [0.3, 0.4) is 0 Å². The first-order valence-corrected chi connectivity index (χ1v) is 5.81. The van der Waals surface area contributed by atoms with Crippen LogP contribution >= 0.6 is 0 Å². The fraction of sp³-hybridized carbons (Fsp3) is 0.429. The zero-order valence-electron chi connectivity index (χ0n) is 10.5. The first kappa shape index (κ1) is 13.2. The van der Waals surface area contributed by atoms with Crippen LogP contribution in [-0.2, 0) is 4.79 Å². The minimum atomic E-state index is -0.582. The van der Waals surface area contributed by atoms with E-state index in [1.54, 1.807) is 0 Å². The summed E-state index contributed by atoms with van der Waals surface area (Å²) in [6.07, 6.45) is 0. The molecule has 90 valence electrons. The van der Waals surface area contributed by atoms with Crippen molar-refractivity contribution in [2.45, 2.75) is 26.8 Å². The summed E-state index contributed by atoms with van der Waals surface area (Å²) in [7, 11) is 0. The minimum absolute atomic E-state index is 0.0305. The van der Waals surface area contributed by atoms with Crippen LogP contribution in [0.2, 0.25) is 0 Å². The zero-order valence-corrected chi connectivity index (χ0v) is 10.5. The fourth-order valence-corrected chi connectivity index (χ4v) is 1.64. The van der Waals surface area contributed by atoms with Gasteiger partial charge >= 0.3 is 0 Å². The highest BCUT2D eigenvalue weighted by atomic mass is 16.1. The zero-order chi connectivity index (χ0) is 12.8. The third kappa shape index (κ3) is 3.60. The third-order valence-corrected chi connectivity index (χ3v) is 2.75. The maximum absolute atomic E-state index is 11.9. The molecule has 0 saturated heterocycles. The number of carbonyl (C=O) groups excluding carboxylic acids is 1. The molecule has 1 amide bonds. The van der Waals surface area contributed by atoms with E-state index in [-0.39, 0.29) is 17.9 Å². The Kier molecular flexibility index (Phi) is 4.71. The summed E-state index contributed by atoms with van der Waals surface area (Å²) < 4.78 is 0. The maximum Gasteiger partial charge on any atom is 0.238 e. The van der Waals surface area contributed by atoms with Gasteiger partial charge in [0.15, 0.2) is 0 Å². The van der Waals surface area contributed by atoms with Crippen molar-refractivity contribution in [1.29, 1.82) is 5.26 Å². The van der Waals surface area contributed by atoms with E-state index in [1.807, 2.05) is 57.2 Å². The molecule has 0 heterocycles. The van der Waals surface area contributed by atoms with Crippen molar-refractivity contribution in [3.63, 3.8) is 0 Å². The SMILES string of the molecule is CC(C)C(C#N)C(=O)N[C@@H](C)c1ccccc1. The highest BCUT2D eigenvalue weighted by molar-refractivity contribution is 5.81. The third-order valence-electron chi connectivity index (χ3n) is 2.75. The first-order valence-electron chi connectivity index (χ1n) is 5.81. The van der Waals surface area contributed by atoms with E-state index in [9.17, 15) is 4.79 Å². The average Bonchev–Trinajstić information content (AvgIpc) is 2.30. The van der Waals surface area contributed by atoms with Crippen LogP contribution in [0.15, 0.2) is 30.3 Å². The molecule has 0 aromatic heterocycles. The summed E-state index contributed by atoms with van der Waals surface area (Å²) in [4.78, 5) is 11.9. The molecule has 1 unspecified atom stereocenters. The van der Waals surface area contributed by atoms with E-state index in [1.165, 1.54) is 0 Å². The molecule has 0 saturated carbocycles. The van der Waals surface area contributed by atoms with Gasteiger partial charge in [-0.15, -0.1) is 0 Å². The van der Waals surface area contributed by atoms with Gasteiger partial charge in [0.1, 0.15) is 5.92 Å². The van der Waals surface area contributed by atoms with Gasteiger partial charge in [0.25, 0.3) is 0 Å². The number of hydrogen-bond acceptors (Lipinski definition) is 2. The molecule has 0 spiro atoms. The van der Waals surface area contributed by atoms with E-state index in [4.69, 9.17) is 5.26 Å². The molecule has 0 aliphatic rings.